The van der Waals surface area contributed by atoms with Gasteiger partial charge in [0, 0.05) is 44.9 Å². The predicted molar refractivity (Wildman–Crippen MR) is 74.2 cm³/mol. The fourth-order valence-electron chi connectivity index (χ4n) is 2.32. The van der Waals surface area contributed by atoms with Crippen molar-refractivity contribution in [3.63, 3.8) is 0 Å². The lowest BCUT2D eigenvalue weighted by Crippen LogP contribution is -2.56. The molecular weight excluding hydrogens is 266 g/mol. The average molecular weight is 291 g/mol. The van der Waals surface area contributed by atoms with Crippen molar-refractivity contribution in [2.45, 2.75) is 38.8 Å². The number of hydrogen-bond acceptors (Lipinski definition) is 4. The van der Waals surface area contributed by atoms with Crippen LogP contribution >= 0.6 is 0 Å². The van der Waals surface area contributed by atoms with Gasteiger partial charge in [-0.25, -0.2) is 0 Å². The Balaban J connectivity index is 1.81. The first kappa shape index (κ1) is 15.2. The molecule has 1 saturated heterocycles. The van der Waals surface area contributed by atoms with Gasteiger partial charge < -0.3 is 4.74 Å². The van der Waals surface area contributed by atoms with E-state index >= 15 is 0 Å². The lowest BCUT2D eigenvalue weighted by atomic mass is 10.2. The maximum Gasteiger partial charge on any atom is 0.279 e. The van der Waals surface area contributed by atoms with Gasteiger partial charge >= 0.3 is 0 Å². The second kappa shape index (κ2) is 6.49. The first-order valence-corrected chi connectivity index (χ1v) is 8.56. The highest BCUT2D eigenvalue weighted by Gasteiger charge is 2.34. The van der Waals surface area contributed by atoms with E-state index in [0.29, 0.717) is 19.7 Å². The van der Waals surface area contributed by atoms with Crippen molar-refractivity contribution in [1.29, 1.82) is 0 Å². The van der Waals surface area contributed by atoms with Gasteiger partial charge in [0.15, 0.2) is 0 Å². The van der Waals surface area contributed by atoms with Crippen LogP contribution < -0.4 is 4.72 Å². The smallest absolute Gasteiger partial charge is 0.279 e. The number of nitrogens with zero attached hydrogens (tertiary/aromatic N) is 2. The minimum Gasteiger partial charge on any atom is -0.380 e. The standard InChI is InChI=1S/C12H25N3O3S/c1-3-18-9-8-14-6-7-15(10-11(14)2)19(16,17)13-12-4-5-12/h11-13H,3-10H2,1-2H3. The van der Waals surface area contributed by atoms with Gasteiger partial charge in [0.2, 0.25) is 0 Å². The second-order valence-corrected chi connectivity index (χ2v) is 7.04. The zero-order chi connectivity index (χ0) is 13.9. The van der Waals surface area contributed by atoms with Crippen LogP contribution in [0.4, 0.5) is 0 Å². The number of nitrogens with one attached hydrogen (secondary N) is 1. The van der Waals surface area contributed by atoms with Crippen LogP contribution in [0, 0.1) is 0 Å². The molecule has 1 aliphatic carbocycles. The first-order valence-electron chi connectivity index (χ1n) is 7.12. The van der Waals surface area contributed by atoms with Crippen LogP contribution in [0.5, 0.6) is 0 Å². The molecule has 2 fully saturated rings. The molecule has 1 N–H and O–H groups in total. The molecule has 0 spiro atoms. The molecule has 1 aliphatic heterocycles. The van der Waals surface area contributed by atoms with Gasteiger partial charge in [0.05, 0.1) is 6.61 Å². The van der Waals surface area contributed by atoms with Crippen LogP contribution in [0.3, 0.4) is 0 Å². The largest absolute Gasteiger partial charge is 0.380 e. The number of piperazine rings is 1. The van der Waals surface area contributed by atoms with Gasteiger partial charge in [-0.3, -0.25) is 4.90 Å². The highest BCUT2D eigenvalue weighted by atomic mass is 32.2. The maximum absolute atomic E-state index is 12.1. The molecule has 1 saturated carbocycles. The Morgan fingerprint density at radius 3 is 2.63 bits per heavy atom. The van der Waals surface area contributed by atoms with Crippen molar-refractivity contribution in [2.24, 2.45) is 0 Å². The number of ether oxygens (including phenoxy) is 1. The summed E-state index contributed by atoms with van der Waals surface area (Å²) in [5, 5.41) is 0. The number of rotatable bonds is 7. The lowest BCUT2D eigenvalue weighted by molar-refractivity contribution is 0.0715. The molecular formula is C12H25N3O3S. The van der Waals surface area contributed by atoms with Crippen molar-refractivity contribution >= 4 is 10.2 Å². The molecule has 112 valence electrons. The molecule has 2 aliphatic rings. The Labute approximate surface area is 116 Å². The predicted octanol–water partition coefficient (Wildman–Crippen LogP) is 0.0258. The molecule has 0 aromatic carbocycles. The molecule has 0 bridgehead atoms. The molecule has 0 aromatic heterocycles. The topological polar surface area (TPSA) is 61.9 Å². The normalized spacial score (nSPS) is 26.7. The van der Waals surface area contributed by atoms with Gasteiger partial charge in [0.25, 0.3) is 10.2 Å². The molecule has 0 amide bonds. The van der Waals surface area contributed by atoms with E-state index in [1.54, 1.807) is 4.31 Å². The van der Waals surface area contributed by atoms with Crippen molar-refractivity contribution in [1.82, 2.24) is 13.9 Å². The van der Waals surface area contributed by atoms with Crippen molar-refractivity contribution in [3.8, 4) is 0 Å². The third kappa shape index (κ3) is 4.39. The van der Waals surface area contributed by atoms with E-state index in [4.69, 9.17) is 4.74 Å². The molecule has 1 atom stereocenters. The molecule has 6 nitrogen and oxygen atoms in total. The first-order chi connectivity index (χ1) is 9.03. The fraction of sp³-hybridized carbons (Fsp3) is 1.00. The van der Waals surface area contributed by atoms with Gasteiger partial charge in [-0.1, -0.05) is 0 Å². The van der Waals surface area contributed by atoms with Crippen LogP contribution in [-0.4, -0.2) is 69.1 Å². The van der Waals surface area contributed by atoms with E-state index in [9.17, 15) is 8.42 Å². The SMILES string of the molecule is CCOCCN1CCN(S(=O)(=O)NC2CC2)CC1C. The minimum atomic E-state index is -3.28. The summed E-state index contributed by atoms with van der Waals surface area (Å²) in [4.78, 5) is 2.29. The van der Waals surface area contributed by atoms with Gasteiger partial charge in [-0.05, 0) is 26.7 Å². The Morgan fingerprint density at radius 2 is 2.05 bits per heavy atom. The summed E-state index contributed by atoms with van der Waals surface area (Å²) in [5.41, 5.74) is 0. The highest BCUT2D eigenvalue weighted by molar-refractivity contribution is 7.87. The quantitative estimate of drug-likeness (QED) is 0.672. The zero-order valence-electron chi connectivity index (χ0n) is 11.8. The van der Waals surface area contributed by atoms with E-state index in [-0.39, 0.29) is 12.1 Å². The average Bonchev–Trinajstić information content (AvgIpc) is 3.14. The molecule has 1 unspecified atom stereocenters. The fourth-order valence-corrected chi connectivity index (χ4v) is 3.86. The summed E-state index contributed by atoms with van der Waals surface area (Å²) in [6, 6.07) is 0.418. The van der Waals surface area contributed by atoms with E-state index in [1.807, 2.05) is 6.92 Å². The third-order valence-corrected chi connectivity index (χ3v) is 5.33. The Bertz CT molecular complexity index is 384. The summed E-state index contributed by atoms with van der Waals surface area (Å²) in [5.74, 6) is 0. The van der Waals surface area contributed by atoms with Gasteiger partial charge in [0.1, 0.15) is 0 Å². The third-order valence-electron chi connectivity index (χ3n) is 3.69. The summed E-state index contributed by atoms with van der Waals surface area (Å²) < 4.78 is 33.9. The minimum absolute atomic E-state index is 0.177. The van der Waals surface area contributed by atoms with Gasteiger partial charge in [-0.2, -0.15) is 17.4 Å². The maximum atomic E-state index is 12.1. The van der Waals surface area contributed by atoms with Crippen molar-refractivity contribution in [3.05, 3.63) is 0 Å². The number of hydrogen-bond donors (Lipinski definition) is 1. The summed E-state index contributed by atoms with van der Waals surface area (Å²) >= 11 is 0. The van der Waals surface area contributed by atoms with E-state index < -0.39 is 10.2 Å². The van der Waals surface area contributed by atoms with Crippen molar-refractivity contribution in [2.75, 3.05) is 39.4 Å². The molecule has 2 rings (SSSR count). The molecule has 0 radical (unpaired) electrons. The van der Waals surface area contributed by atoms with Crippen LogP contribution in [-0.2, 0) is 14.9 Å². The van der Waals surface area contributed by atoms with E-state index in [2.05, 4.69) is 16.5 Å². The summed E-state index contributed by atoms with van der Waals surface area (Å²) in [6.07, 6.45) is 1.95. The second-order valence-electron chi connectivity index (χ2n) is 5.34. The van der Waals surface area contributed by atoms with Crippen molar-refractivity contribution < 1.29 is 13.2 Å². The molecule has 19 heavy (non-hydrogen) atoms. The monoisotopic (exact) mass is 291 g/mol. The Kier molecular flexibility index (Phi) is 5.19. The van der Waals surface area contributed by atoms with Crippen LogP contribution in [0.15, 0.2) is 0 Å². The molecule has 1 heterocycles. The lowest BCUT2D eigenvalue weighted by Gasteiger charge is -2.38. The highest BCUT2D eigenvalue weighted by Crippen LogP contribution is 2.21. The summed E-state index contributed by atoms with van der Waals surface area (Å²) in [7, 11) is -3.28. The Hall–Kier alpha value is -0.210. The molecule has 0 aromatic rings. The summed E-state index contributed by atoms with van der Waals surface area (Å²) in [6.45, 7) is 8.29. The van der Waals surface area contributed by atoms with Crippen LogP contribution in [0.1, 0.15) is 26.7 Å². The zero-order valence-corrected chi connectivity index (χ0v) is 12.7. The van der Waals surface area contributed by atoms with E-state index in [0.717, 1.165) is 32.5 Å². The Morgan fingerprint density at radius 1 is 1.32 bits per heavy atom. The van der Waals surface area contributed by atoms with E-state index in [1.165, 1.54) is 0 Å². The van der Waals surface area contributed by atoms with Gasteiger partial charge in [-0.15, -0.1) is 0 Å². The molecule has 7 heteroatoms. The van der Waals surface area contributed by atoms with Crippen LogP contribution in [0.25, 0.3) is 0 Å². The van der Waals surface area contributed by atoms with Crippen LogP contribution in [0.2, 0.25) is 0 Å².